The van der Waals surface area contributed by atoms with Crippen molar-refractivity contribution in [1.82, 2.24) is 4.31 Å². The molecule has 2 heterocycles. The summed E-state index contributed by atoms with van der Waals surface area (Å²) in [4.78, 5) is 5.55. The maximum atomic E-state index is 14.4. The smallest absolute Gasteiger partial charge is 0.243 e. The molecule has 2 unspecified atom stereocenters. The van der Waals surface area contributed by atoms with Crippen LogP contribution in [0.2, 0.25) is 5.02 Å². The Morgan fingerprint density at radius 2 is 1.75 bits per heavy atom. The minimum Gasteiger partial charge on any atom is -0.457 e. The van der Waals surface area contributed by atoms with Crippen molar-refractivity contribution in [2.45, 2.75) is 11.0 Å². The molecule has 0 N–H and O–H groups in total. The van der Waals surface area contributed by atoms with E-state index < -0.39 is 27.9 Å². The summed E-state index contributed by atoms with van der Waals surface area (Å²) in [5.74, 6) is 0.0811. The summed E-state index contributed by atoms with van der Waals surface area (Å²) in [6.07, 6.45) is -0.501. The van der Waals surface area contributed by atoms with Gasteiger partial charge in [-0.2, -0.15) is 4.31 Å². The van der Waals surface area contributed by atoms with E-state index >= 15 is 0 Å². The number of benzene rings is 3. The molecule has 0 amide bonds. The van der Waals surface area contributed by atoms with Crippen LogP contribution in [0.15, 0.2) is 82.8 Å². The molecule has 0 aromatic heterocycles. The molecule has 3 aromatic carbocycles. The van der Waals surface area contributed by atoms with Crippen molar-refractivity contribution in [2.75, 3.05) is 13.1 Å². The molecule has 2 atom stereocenters. The zero-order valence-electron chi connectivity index (χ0n) is 16.7. The minimum atomic E-state index is -3.83. The molecule has 5 rings (SSSR count). The lowest BCUT2D eigenvalue weighted by molar-refractivity contribution is 0.0803. The average molecular weight is 473 g/mol. The van der Waals surface area contributed by atoms with Gasteiger partial charge in [0.1, 0.15) is 17.3 Å². The van der Waals surface area contributed by atoms with Crippen LogP contribution in [0.1, 0.15) is 5.56 Å². The molecule has 1 fully saturated rings. The molecule has 0 bridgehead atoms. The van der Waals surface area contributed by atoms with Gasteiger partial charge in [0.25, 0.3) is 0 Å². The molecule has 0 spiro atoms. The molecule has 0 radical (unpaired) electrons. The zero-order valence-corrected chi connectivity index (χ0v) is 18.3. The molecule has 6 nitrogen and oxygen atoms in total. The predicted molar refractivity (Wildman–Crippen MR) is 118 cm³/mol. The number of halogens is 2. The third-order valence-corrected chi connectivity index (χ3v) is 7.65. The summed E-state index contributed by atoms with van der Waals surface area (Å²) in [5, 5.41) is 4.22. The van der Waals surface area contributed by atoms with Crippen LogP contribution < -0.4 is 4.74 Å². The topological polar surface area (TPSA) is 68.2 Å². The Labute approximate surface area is 189 Å². The minimum absolute atomic E-state index is 0.105. The Morgan fingerprint density at radius 1 is 1.00 bits per heavy atom. The van der Waals surface area contributed by atoms with E-state index in [1.807, 2.05) is 18.2 Å². The number of nitrogens with zero attached hydrogens (tertiary/aromatic N) is 2. The highest BCUT2D eigenvalue weighted by atomic mass is 35.5. The summed E-state index contributed by atoms with van der Waals surface area (Å²) < 4.78 is 48.2. The lowest BCUT2D eigenvalue weighted by Crippen LogP contribution is -2.30. The Balaban J connectivity index is 1.39. The van der Waals surface area contributed by atoms with E-state index in [-0.39, 0.29) is 28.6 Å². The Hall–Kier alpha value is -2.94. The predicted octanol–water partition coefficient (Wildman–Crippen LogP) is 4.70. The Bertz CT molecular complexity index is 1280. The number of oxime groups is 1. The van der Waals surface area contributed by atoms with Gasteiger partial charge < -0.3 is 9.57 Å². The molecular weight excluding hydrogens is 455 g/mol. The molecule has 164 valence electrons. The second-order valence-corrected chi connectivity index (χ2v) is 9.88. The highest BCUT2D eigenvalue weighted by Crippen LogP contribution is 2.36. The number of sulfonamides is 1. The number of hydrogen-bond acceptors (Lipinski definition) is 5. The van der Waals surface area contributed by atoms with Crippen LogP contribution in [-0.2, 0) is 14.9 Å². The van der Waals surface area contributed by atoms with Crippen LogP contribution in [0.4, 0.5) is 4.39 Å². The van der Waals surface area contributed by atoms with Crippen molar-refractivity contribution >= 4 is 27.3 Å². The quantitative estimate of drug-likeness (QED) is 0.540. The van der Waals surface area contributed by atoms with E-state index in [2.05, 4.69) is 5.16 Å². The second kappa shape index (κ2) is 8.20. The van der Waals surface area contributed by atoms with Gasteiger partial charge in [0.05, 0.1) is 33.7 Å². The fourth-order valence-electron chi connectivity index (χ4n) is 3.94. The Morgan fingerprint density at radius 3 is 2.53 bits per heavy atom. The van der Waals surface area contributed by atoms with Gasteiger partial charge in [-0.3, -0.25) is 0 Å². The maximum absolute atomic E-state index is 14.4. The lowest BCUT2D eigenvalue weighted by Gasteiger charge is -2.18. The molecule has 2 aliphatic heterocycles. The van der Waals surface area contributed by atoms with Crippen molar-refractivity contribution in [1.29, 1.82) is 0 Å². The standard InChI is InChI=1S/C23H18ClFN2O4S/c24-19-10-5-11-20(25)22(19)23-18-13-27(14-21(18)31-26-23)32(28,29)17-9-4-8-16(12-17)30-15-6-2-1-3-7-15/h1-12,18,21H,13-14H2. The van der Waals surface area contributed by atoms with Gasteiger partial charge in [-0.15, -0.1) is 0 Å². The molecule has 9 heteroatoms. The van der Waals surface area contributed by atoms with Gasteiger partial charge in [0, 0.05) is 12.6 Å². The SMILES string of the molecule is O=S(=O)(c1cccc(Oc2ccccc2)c1)N1CC2ON=C(c3c(F)cccc3Cl)C2C1. The highest BCUT2D eigenvalue weighted by molar-refractivity contribution is 7.89. The zero-order chi connectivity index (χ0) is 22.3. The van der Waals surface area contributed by atoms with Gasteiger partial charge in [0.15, 0.2) is 6.10 Å². The summed E-state index contributed by atoms with van der Waals surface area (Å²) >= 11 is 6.18. The van der Waals surface area contributed by atoms with E-state index in [1.54, 1.807) is 30.3 Å². The first-order valence-corrected chi connectivity index (χ1v) is 11.8. The van der Waals surface area contributed by atoms with Crippen LogP contribution in [0.25, 0.3) is 0 Å². The van der Waals surface area contributed by atoms with E-state index in [1.165, 1.54) is 28.6 Å². The van der Waals surface area contributed by atoms with Gasteiger partial charge in [0.2, 0.25) is 10.0 Å². The summed E-state index contributed by atoms with van der Waals surface area (Å²) in [5.41, 5.74) is 0.483. The van der Waals surface area contributed by atoms with Crippen LogP contribution in [0.5, 0.6) is 11.5 Å². The third kappa shape index (κ3) is 3.74. The number of fused-ring (bicyclic) bond motifs is 1. The first kappa shape index (κ1) is 20.9. The third-order valence-electron chi connectivity index (χ3n) is 5.51. The van der Waals surface area contributed by atoms with Crippen LogP contribution >= 0.6 is 11.6 Å². The van der Waals surface area contributed by atoms with Gasteiger partial charge in [-0.25, -0.2) is 12.8 Å². The number of rotatable bonds is 5. The molecule has 2 aliphatic rings. The average Bonchev–Trinajstić information content (AvgIpc) is 3.37. The van der Waals surface area contributed by atoms with E-state index in [0.29, 0.717) is 17.2 Å². The first-order chi connectivity index (χ1) is 15.4. The molecule has 0 aliphatic carbocycles. The fraction of sp³-hybridized carbons (Fsp3) is 0.174. The normalized spacial score (nSPS) is 20.5. The largest absolute Gasteiger partial charge is 0.457 e. The molecule has 0 saturated carbocycles. The van der Waals surface area contributed by atoms with Crippen LogP contribution in [0.3, 0.4) is 0 Å². The molecular formula is C23H18ClFN2O4S. The number of ether oxygens (including phenoxy) is 1. The van der Waals surface area contributed by atoms with Crippen molar-refractivity contribution in [3.8, 4) is 11.5 Å². The monoisotopic (exact) mass is 472 g/mol. The second-order valence-electron chi connectivity index (χ2n) is 7.54. The summed E-state index contributed by atoms with van der Waals surface area (Å²) in [7, 11) is -3.83. The van der Waals surface area contributed by atoms with E-state index in [9.17, 15) is 12.8 Å². The summed E-state index contributed by atoms with van der Waals surface area (Å²) in [6.45, 7) is 0.218. The van der Waals surface area contributed by atoms with E-state index in [4.69, 9.17) is 21.2 Å². The van der Waals surface area contributed by atoms with Crippen molar-refractivity contribution in [3.63, 3.8) is 0 Å². The number of hydrogen-bond donors (Lipinski definition) is 0. The molecule has 1 saturated heterocycles. The molecule has 32 heavy (non-hydrogen) atoms. The summed E-state index contributed by atoms with van der Waals surface area (Å²) in [6, 6.07) is 19.8. The van der Waals surface area contributed by atoms with Crippen molar-refractivity contribution in [3.05, 3.63) is 89.2 Å². The highest BCUT2D eigenvalue weighted by Gasteiger charge is 2.47. The van der Waals surface area contributed by atoms with Gasteiger partial charge in [-0.1, -0.05) is 47.1 Å². The van der Waals surface area contributed by atoms with Crippen LogP contribution in [0, 0.1) is 11.7 Å². The first-order valence-electron chi connectivity index (χ1n) is 9.95. The van der Waals surface area contributed by atoms with E-state index in [0.717, 1.165) is 0 Å². The fourth-order valence-corrected chi connectivity index (χ4v) is 5.72. The number of para-hydroxylation sites is 1. The Kier molecular flexibility index (Phi) is 5.36. The molecule has 3 aromatic rings. The van der Waals surface area contributed by atoms with Gasteiger partial charge >= 0.3 is 0 Å². The van der Waals surface area contributed by atoms with Crippen LogP contribution in [-0.4, -0.2) is 37.6 Å². The van der Waals surface area contributed by atoms with Crippen molar-refractivity contribution < 1.29 is 22.4 Å². The van der Waals surface area contributed by atoms with Crippen molar-refractivity contribution in [2.24, 2.45) is 11.1 Å². The van der Waals surface area contributed by atoms with Gasteiger partial charge in [-0.05, 0) is 36.4 Å². The maximum Gasteiger partial charge on any atom is 0.243 e. The lowest BCUT2D eigenvalue weighted by atomic mass is 9.94.